The van der Waals surface area contributed by atoms with E-state index in [9.17, 15) is 23.2 Å². The quantitative estimate of drug-likeness (QED) is 0.511. The third-order valence-electron chi connectivity index (χ3n) is 3.71. The van der Waals surface area contributed by atoms with Crippen LogP contribution >= 0.6 is 11.8 Å². The average Bonchev–Trinajstić information content (AvgIpc) is 2.67. The van der Waals surface area contributed by atoms with Crippen LogP contribution in [0.1, 0.15) is 12.5 Å². The molecule has 0 bridgehead atoms. The summed E-state index contributed by atoms with van der Waals surface area (Å²) in [5.41, 5.74) is 0.883. The lowest BCUT2D eigenvalue weighted by Crippen LogP contribution is -2.43. The van der Waals surface area contributed by atoms with E-state index in [0.717, 1.165) is 35.5 Å². The SMILES string of the molecule is CC(=O)[C@@H](Cc1ccccc1)NC(=O)COC(=O)CSc1cc(F)ccc1F. The fourth-order valence-electron chi connectivity index (χ4n) is 2.29. The first-order valence-corrected chi connectivity index (χ1v) is 9.41. The van der Waals surface area contributed by atoms with Gasteiger partial charge in [-0.05, 0) is 37.1 Å². The maximum Gasteiger partial charge on any atom is 0.316 e. The van der Waals surface area contributed by atoms with Crippen LogP contribution in [0.2, 0.25) is 0 Å². The molecule has 0 saturated carbocycles. The van der Waals surface area contributed by atoms with Crippen LogP contribution in [0.25, 0.3) is 0 Å². The minimum absolute atomic E-state index is 0.0269. The largest absolute Gasteiger partial charge is 0.455 e. The fourth-order valence-corrected chi connectivity index (χ4v) is 3.05. The third kappa shape index (κ3) is 7.11. The van der Waals surface area contributed by atoms with Crippen molar-refractivity contribution in [3.05, 3.63) is 65.7 Å². The predicted molar refractivity (Wildman–Crippen MR) is 101 cm³/mol. The van der Waals surface area contributed by atoms with E-state index in [1.165, 1.54) is 6.92 Å². The minimum atomic E-state index is -0.758. The molecule has 1 amide bonds. The van der Waals surface area contributed by atoms with Crippen molar-refractivity contribution in [1.82, 2.24) is 5.32 Å². The molecular formula is C20H19F2NO4S. The number of rotatable bonds is 9. The van der Waals surface area contributed by atoms with Crippen molar-refractivity contribution in [3.8, 4) is 0 Å². The summed E-state index contributed by atoms with van der Waals surface area (Å²) < 4.78 is 31.4. The van der Waals surface area contributed by atoms with Gasteiger partial charge >= 0.3 is 5.97 Å². The molecule has 2 rings (SSSR count). The standard InChI is InChI=1S/C20H19F2NO4S/c1-13(24)17(9-14-5-3-2-4-6-14)23-19(25)11-27-20(26)12-28-18-10-15(21)7-8-16(18)22/h2-8,10,17H,9,11-12H2,1H3,(H,23,25)/t17-/m1/s1. The van der Waals surface area contributed by atoms with Crippen LogP contribution < -0.4 is 5.32 Å². The summed E-state index contributed by atoms with van der Waals surface area (Å²) in [4.78, 5) is 35.4. The van der Waals surface area contributed by atoms with Crippen molar-refractivity contribution in [1.29, 1.82) is 0 Å². The predicted octanol–water partition coefficient (Wildman–Crippen LogP) is 2.92. The van der Waals surface area contributed by atoms with E-state index in [1.54, 1.807) is 0 Å². The van der Waals surface area contributed by atoms with E-state index in [1.807, 2.05) is 30.3 Å². The Labute approximate surface area is 165 Å². The van der Waals surface area contributed by atoms with Crippen LogP contribution in [0.4, 0.5) is 8.78 Å². The summed E-state index contributed by atoms with van der Waals surface area (Å²) in [5, 5.41) is 2.53. The van der Waals surface area contributed by atoms with Gasteiger partial charge in [0.25, 0.3) is 5.91 Å². The van der Waals surface area contributed by atoms with Crippen LogP contribution in [-0.2, 0) is 25.5 Å². The highest BCUT2D eigenvalue weighted by molar-refractivity contribution is 8.00. The number of hydrogen-bond donors (Lipinski definition) is 1. The lowest BCUT2D eigenvalue weighted by Gasteiger charge is -2.16. The van der Waals surface area contributed by atoms with Crippen LogP contribution in [0.15, 0.2) is 53.4 Å². The number of hydrogen-bond acceptors (Lipinski definition) is 5. The maximum absolute atomic E-state index is 13.5. The first-order chi connectivity index (χ1) is 13.3. The van der Waals surface area contributed by atoms with E-state index in [0.29, 0.717) is 6.42 Å². The van der Waals surface area contributed by atoms with Gasteiger partial charge in [-0.25, -0.2) is 8.78 Å². The van der Waals surface area contributed by atoms with Crippen LogP contribution in [0, 0.1) is 11.6 Å². The van der Waals surface area contributed by atoms with E-state index < -0.39 is 36.2 Å². The topological polar surface area (TPSA) is 72.5 Å². The number of carbonyl (C=O) groups excluding carboxylic acids is 3. The number of ketones is 1. The number of Topliss-reactive ketones (excluding diaryl/α,β-unsaturated/α-hetero) is 1. The molecule has 1 atom stereocenters. The highest BCUT2D eigenvalue weighted by atomic mass is 32.2. The molecule has 0 aliphatic carbocycles. The van der Waals surface area contributed by atoms with Crippen molar-refractivity contribution in [3.63, 3.8) is 0 Å². The zero-order valence-electron chi connectivity index (χ0n) is 15.1. The highest BCUT2D eigenvalue weighted by Gasteiger charge is 2.18. The van der Waals surface area contributed by atoms with E-state index in [2.05, 4.69) is 5.32 Å². The smallest absolute Gasteiger partial charge is 0.316 e. The van der Waals surface area contributed by atoms with Gasteiger partial charge in [0.05, 0.1) is 11.8 Å². The molecule has 5 nitrogen and oxygen atoms in total. The number of thioether (sulfide) groups is 1. The Kier molecular flexibility index (Phi) is 8.13. The summed E-state index contributed by atoms with van der Waals surface area (Å²) >= 11 is 0.766. The number of esters is 1. The molecular weight excluding hydrogens is 388 g/mol. The van der Waals surface area contributed by atoms with Gasteiger partial charge in [-0.1, -0.05) is 30.3 Å². The van der Waals surface area contributed by atoms with Crippen LogP contribution in [0.5, 0.6) is 0 Å². The number of carbonyl (C=O) groups is 3. The second-order valence-corrected chi connectivity index (χ2v) is 6.96. The molecule has 0 spiro atoms. The lowest BCUT2D eigenvalue weighted by atomic mass is 10.0. The second kappa shape index (κ2) is 10.6. The Morgan fingerprint density at radius 3 is 2.50 bits per heavy atom. The van der Waals surface area contributed by atoms with Gasteiger partial charge in [0.15, 0.2) is 12.4 Å². The molecule has 2 aromatic carbocycles. The van der Waals surface area contributed by atoms with Gasteiger partial charge in [0.1, 0.15) is 11.6 Å². The molecule has 0 aliphatic heterocycles. The average molecular weight is 407 g/mol. The molecule has 1 N–H and O–H groups in total. The molecule has 0 radical (unpaired) electrons. The molecule has 0 unspecified atom stereocenters. The summed E-state index contributed by atoms with van der Waals surface area (Å²) in [6.07, 6.45) is 0.324. The number of benzene rings is 2. The van der Waals surface area contributed by atoms with Crippen molar-refractivity contribution in [2.24, 2.45) is 0 Å². The molecule has 0 aliphatic rings. The Morgan fingerprint density at radius 1 is 1.11 bits per heavy atom. The third-order valence-corrected chi connectivity index (χ3v) is 4.72. The molecule has 0 saturated heterocycles. The van der Waals surface area contributed by atoms with Crippen molar-refractivity contribution < 1.29 is 27.9 Å². The molecule has 0 fully saturated rings. The van der Waals surface area contributed by atoms with Crippen LogP contribution in [0.3, 0.4) is 0 Å². The Bertz CT molecular complexity index is 845. The highest BCUT2D eigenvalue weighted by Crippen LogP contribution is 2.22. The number of ether oxygens (including phenoxy) is 1. The van der Waals surface area contributed by atoms with Gasteiger partial charge in [-0.2, -0.15) is 0 Å². The van der Waals surface area contributed by atoms with Crippen LogP contribution in [-0.4, -0.2) is 36.1 Å². The monoisotopic (exact) mass is 407 g/mol. The number of amides is 1. The van der Waals surface area contributed by atoms with Gasteiger partial charge in [0, 0.05) is 4.90 Å². The molecule has 2 aromatic rings. The Morgan fingerprint density at radius 2 is 1.82 bits per heavy atom. The van der Waals surface area contributed by atoms with Crippen molar-refractivity contribution >= 4 is 29.4 Å². The van der Waals surface area contributed by atoms with Crippen molar-refractivity contribution in [2.45, 2.75) is 24.3 Å². The first-order valence-electron chi connectivity index (χ1n) is 8.42. The molecule has 28 heavy (non-hydrogen) atoms. The summed E-state index contributed by atoms with van der Waals surface area (Å²) in [6.45, 7) is 0.799. The normalized spacial score (nSPS) is 11.5. The van der Waals surface area contributed by atoms with E-state index in [4.69, 9.17) is 4.74 Å². The minimum Gasteiger partial charge on any atom is -0.455 e. The van der Waals surface area contributed by atoms with E-state index >= 15 is 0 Å². The number of halogens is 2. The molecule has 0 heterocycles. The van der Waals surface area contributed by atoms with E-state index in [-0.39, 0.29) is 16.4 Å². The zero-order chi connectivity index (χ0) is 20.5. The zero-order valence-corrected chi connectivity index (χ0v) is 15.9. The Balaban J connectivity index is 1.79. The maximum atomic E-state index is 13.5. The Hall–Kier alpha value is -2.74. The summed E-state index contributed by atoms with van der Waals surface area (Å²) in [7, 11) is 0. The van der Waals surface area contributed by atoms with Gasteiger partial charge in [-0.15, -0.1) is 11.8 Å². The summed E-state index contributed by atoms with van der Waals surface area (Å²) in [5.74, 6) is -3.15. The summed E-state index contributed by atoms with van der Waals surface area (Å²) in [6, 6.07) is 11.4. The molecule has 8 heteroatoms. The second-order valence-electron chi connectivity index (χ2n) is 5.94. The molecule has 148 valence electrons. The first kappa shape index (κ1) is 21.6. The number of nitrogens with one attached hydrogen (secondary N) is 1. The van der Waals surface area contributed by atoms with Gasteiger partial charge in [-0.3, -0.25) is 14.4 Å². The lowest BCUT2D eigenvalue weighted by molar-refractivity contribution is -0.146. The molecule has 0 aromatic heterocycles. The van der Waals surface area contributed by atoms with Gasteiger partial charge < -0.3 is 10.1 Å². The van der Waals surface area contributed by atoms with Crippen molar-refractivity contribution in [2.75, 3.05) is 12.4 Å². The van der Waals surface area contributed by atoms with Gasteiger partial charge in [0.2, 0.25) is 0 Å². The fraction of sp³-hybridized carbons (Fsp3) is 0.250.